The van der Waals surface area contributed by atoms with Crippen molar-refractivity contribution in [3.05, 3.63) is 29.8 Å². The first-order valence-electron chi connectivity index (χ1n) is 5.08. The van der Waals surface area contributed by atoms with Crippen LogP contribution in [0.2, 0.25) is 0 Å². The molecule has 0 unspecified atom stereocenters. The number of esters is 1. The minimum Gasteiger partial charge on any atom is -0.466 e. The first kappa shape index (κ1) is 12.1. The second-order valence-corrected chi connectivity index (χ2v) is 3.17. The van der Waals surface area contributed by atoms with E-state index in [0.29, 0.717) is 25.1 Å². The van der Waals surface area contributed by atoms with Crippen LogP contribution in [-0.2, 0) is 20.7 Å². The van der Waals surface area contributed by atoms with Crippen LogP contribution in [0, 0.1) is 0 Å². The lowest BCUT2D eigenvalue weighted by atomic mass is 10.1. The first-order chi connectivity index (χ1) is 7.76. The van der Waals surface area contributed by atoms with Crippen molar-refractivity contribution in [3.63, 3.8) is 0 Å². The van der Waals surface area contributed by atoms with Crippen LogP contribution in [0.25, 0.3) is 0 Å². The molecule has 0 amide bonds. The Morgan fingerprint density at radius 1 is 1.38 bits per heavy atom. The Morgan fingerprint density at radius 3 is 2.62 bits per heavy atom. The maximum atomic E-state index is 11.1. The predicted octanol–water partition coefficient (Wildman–Crippen LogP) is 2.15. The number of benzene rings is 1. The summed E-state index contributed by atoms with van der Waals surface area (Å²) in [5, 5.41) is 0. The number of isocyanates is 1. The fourth-order valence-electron chi connectivity index (χ4n) is 1.27. The Morgan fingerprint density at radius 2 is 2.06 bits per heavy atom. The maximum Gasteiger partial charge on any atom is 0.306 e. The number of aryl methyl sites for hydroxylation is 1. The molecule has 0 aromatic heterocycles. The van der Waals surface area contributed by atoms with Gasteiger partial charge in [-0.2, -0.15) is 4.99 Å². The van der Waals surface area contributed by atoms with Crippen molar-refractivity contribution < 1.29 is 14.3 Å². The Balaban J connectivity index is 2.49. The summed E-state index contributed by atoms with van der Waals surface area (Å²) >= 11 is 0. The molecule has 0 N–H and O–H groups in total. The van der Waals surface area contributed by atoms with E-state index in [2.05, 4.69) is 4.99 Å². The summed E-state index contributed by atoms with van der Waals surface area (Å²) in [6.07, 6.45) is 2.47. The van der Waals surface area contributed by atoms with Crippen molar-refractivity contribution in [2.24, 2.45) is 4.99 Å². The lowest BCUT2D eigenvalue weighted by Gasteiger charge is -2.02. The molecule has 0 aliphatic rings. The highest BCUT2D eigenvalue weighted by Crippen LogP contribution is 2.13. The van der Waals surface area contributed by atoms with Crippen molar-refractivity contribution in [1.82, 2.24) is 0 Å². The minimum atomic E-state index is -0.197. The first-order valence-corrected chi connectivity index (χ1v) is 5.08. The Labute approximate surface area is 94.0 Å². The molecule has 0 aliphatic carbocycles. The van der Waals surface area contributed by atoms with Crippen molar-refractivity contribution in [2.75, 3.05) is 6.61 Å². The molecule has 16 heavy (non-hydrogen) atoms. The van der Waals surface area contributed by atoms with Crippen molar-refractivity contribution >= 4 is 17.7 Å². The second-order valence-electron chi connectivity index (χ2n) is 3.17. The van der Waals surface area contributed by atoms with E-state index >= 15 is 0 Å². The summed E-state index contributed by atoms with van der Waals surface area (Å²) < 4.78 is 4.82. The number of ether oxygens (including phenoxy) is 1. The third-order valence-electron chi connectivity index (χ3n) is 2.03. The van der Waals surface area contributed by atoms with Crippen molar-refractivity contribution in [3.8, 4) is 0 Å². The summed E-state index contributed by atoms with van der Waals surface area (Å²) in [5.41, 5.74) is 1.58. The average Bonchev–Trinajstić information content (AvgIpc) is 2.29. The van der Waals surface area contributed by atoms with Gasteiger partial charge in [0, 0.05) is 6.42 Å². The zero-order valence-corrected chi connectivity index (χ0v) is 9.10. The van der Waals surface area contributed by atoms with Crippen LogP contribution in [0.5, 0.6) is 0 Å². The van der Waals surface area contributed by atoms with E-state index in [1.165, 1.54) is 6.08 Å². The van der Waals surface area contributed by atoms with Crippen LogP contribution >= 0.6 is 0 Å². The highest BCUT2D eigenvalue weighted by molar-refractivity contribution is 5.69. The van der Waals surface area contributed by atoms with Gasteiger partial charge >= 0.3 is 5.97 Å². The monoisotopic (exact) mass is 219 g/mol. The fourth-order valence-corrected chi connectivity index (χ4v) is 1.27. The Hall–Kier alpha value is -1.93. The molecule has 4 nitrogen and oxygen atoms in total. The lowest BCUT2D eigenvalue weighted by Crippen LogP contribution is -2.04. The van der Waals surface area contributed by atoms with Crippen molar-refractivity contribution in [1.29, 1.82) is 0 Å². The summed E-state index contributed by atoms with van der Waals surface area (Å²) in [4.78, 5) is 24.6. The third-order valence-corrected chi connectivity index (χ3v) is 2.03. The van der Waals surface area contributed by atoms with Crippen LogP contribution in [0.3, 0.4) is 0 Å². The Bertz CT molecular complexity index is 391. The normalized spacial score (nSPS) is 9.31. The molecule has 84 valence electrons. The molecule has 0 aliphatic heterocycles. The zero-order valence-electron chi connectivity index (χ0n) is 9.10. The molecule has 0 spiro atoms. The number of rotatable bonds is 5. The van der Waals surface area contributed by atoms with Gasteiger partial charge in [-0.15, -0.1) is 0 Å². The van der Waals surface area contributed by atoms with E-state index in [4.69, 9.17) is 4.74 Å². The SMILES string of the molecule is CCOC(=O)CCc1ccc(N=C=O)cc1. The summed E-state index contributed by atoms with van der Waals surface area (Å²) in [6.45, 7) is 2.19. The van der Waals surface area contributed by atoms with Crippen LogP contribution in [0.15, 0.2) is 29.3 Å². The smallest absolute Gasteiger partial charge is 0.306 e. The zero-order chi connectivity index (χ0) is 11.8. The van der Waals surface area contributed by atoms with E-state index < -0.39 is 0 Å². The number of hydrogen-bond donors (Lipinski definition) is 0. The molecule has 1 rings (SSSR count). The topological polar surface area (TPSA) is 55.7 Å². The number of aliphatic imine (C=N–C) groups is 1. The van der Waals surface area contributed by atoms with Crippen molar-refractivity contribution in [2.45, 2.75) is 19.8 Å². The largest absolute Gasteiger partial charge is 0.466 e. The molecule has 4 heteroatoms. The van der Waals surface area contributed by atoms with Crippen LogP contribution in [-0.4, -0.2) is 18.7 Å². The van der Waals surface area contributed by atoms with E-state index in [1.807, 2.05) is 12.1 Å². The number of carbonyl (C=O) groups is 1. The van der Waals surface area contributed by atoms with Gasteiger partial charge < -0.3 is 4.74 Å². The van der Waals surface area contributed by atoms with Gasteiger partial charge in [0.05, 0.1) is 12.3 Å². The molecule has 0 heterocycles. The molecule has 0 saturated heterocycles. The van der Waals surface area contributed by atoms with Gasteiger partial charge in [0.2, 0.25) is 6.08 Å². The van der Waals surface area contributed by atoms with Crippen LogP contribution in [0.4, 0.5) is 5.69 Å². The fraction of sp³-hybridized carbons (Fsp3) is 0.333. The summed E-state index contributed by atoms with van der Waals surface area (Å²) in [6, 6.07) is 7.08. The summed E-state index contributed by atoms with van der Waals surface area (Å²) in [7, 11) is 0. The van der Waals surface area contributed by atoms with E-state index in [-0.39, 0.29) is 5.97 Å². The highest BCUT2D eigenvalue weighted by atomic mass is 16.5. The average molecular weight is 219 g/mol. The molecule has 0 radical (unpaired) electrons. The van der Waals surface area contributed by atoms with E-state index in [0.717, 1.165) is 5.56 Å². The molecule has 0 fully saturated rings. The van der Waals surface area contributed by atoms with Crippen LogP contribution in [0.1, 0.15) is 18.9 Å². The predicted molar refractivity (Wildman–Crippen MR) is 59.2 cm³/mol. The summed E-state index contributed by atoms with van der Waals surface area (Å²) in [5.74, 6) is -0.197. The van der Waals surface area contributed by atoms with Gasteiger partial charge in [-0.1, -0.05) is 12.1 Å². The van der Waals surface area contributed by atoms with Gasteiger partial charge in [0.1, 0.15) is 0 Å². The standard InChI is InChI=1S/C12H13NO3/c1-2-16-12(15)8-5-10-3-6-11(7-4-10)13-9-14/h3-4,6-7H,2,5,8H2,1H3. The molecular weight excluding hydrogens is 206 g/mol. The molecule has 0 atom stereocenters. The Kier molecular flexibility index (Phi) is 4.96. The van der Waals surface area contributed by atoms with E-state index in [9.17, 15) is 9.59 Å². The third kappa shape index (κ3) is 4.07. The molecule has 0 saturated carbocycles. The van der Waals surface area contributed by atoms with Gasteiger partial charge in [-0.3, -0.25) is 4.79 Å². The second kappa shape index (κ2) is 6.53. The maximum absolute atomic E-state index is 11.1. The number of hydrogen-bond acceptors (Lipinski definition) is 4. The van der Waals surface area contributed by atoms with Crippen LogP contribution < -0.4 is 0 Å². The number of carbonyl (C=O) groups excluding carboxylic acids is 2. The van der Waals surface area contributed by atoms with Gasteiger partial charge in [-0.25, -0.2) is 4.79 Å². The lowest BCUT2D eigenvalue weighted by molar-refractivity contribution is -0.143. The number of nitrogens with zero attached hydrogens (tertiary/aromatic N) is 1. The molecule has 1 aromatic carbocycles. The van der Waals surface area contributed by atoms with Gasteiger partial charge in [-0.05, 0) is 31.0 Å². The van der Waals surface area contributed by atoms with Gasteiger partial charge in [0.15, 0.2) is 0 Å². The highest BCUT2D eigenvalue weighted by Gasteiger charge is 2.02. The van der Waals surface area contributed by atoms with Gasteiger partial charge in [0.25, 0.3) is 0 Å². The quantitative estimate of drug-likeness (QED) is 0.433. The van der Waals surface area contributed by atoms with E-state index in [1.54, 1.807) is 19.1 Å². The molecule has 0 bridgehead atoms. The molecule has 1 aromatic rings. The molecular formula is C12H13NO3. The minimum absolute atomic E-state index is 0.197.